The number of halogens is 6. The van der Waals surface area contributed by atoms with Gasteiger partial charge in [0.05, 0.1) is 30.6 Å². The number of amides is 1. The summed E-state index contributed by atoms with van der Waals surface area (Å²) in [7, 11) is 0. The largest absolute Gasteiger partial charge is 0.451 e. The van der Waals surface area contributed by atoms with Crippen LogP contribution in [0, 0.1) is 34.5 Å². The monoisotopic (exact) mass is 569 g/mol. The fourth-order valence-electron chi connectivity index (χ4n) is 4.72. The number of amidine groups is 1. The smallest absolute Gasteiger partial charge is 0.243 e. The van der Waals surface area contributed by atoms with Crippen molar-refractivity contribution < 1.29 is 36.6 Å². The number of aromatic amines is 1. The number of aliphatic hydroxyl groups is 1. The molecule has 2 aliphatic heterocycles. The first-order valence-corrected chi connectivity index (χ1v) is 12.2. The summed E-state index contributed by atoms with van der Waals surface area (Å²) in [6.45, 7) is 0.200. The highest BCUT2D eigenvalue weighted by Gasteiger charge is 2.38. The third-order valence-electron chi connectivity index (χ3n) is 6.68. The zero-order chi connectivity index (χ0) is 28.0. The van der Waals surface area contributed by atoms with Crippen LogP contribution >= 0.6 is 11.6 Å². The number of benzene rings is 2. The standard InChI is InChI=1S/C25H21ClF5N5O3/c26-15(10-37)25(38)34-6-4-12(9-34)35-11-36(23(32)14-3-5-33-24(14)35)19-2-1-13(7-16(19)27)39-22-20(30)17(28)8-18(29)21(22)31/h1-3,5,7-8,12,15,32-33,37H,4,6,9-11H2. The summed E-state index contributed by atoms with van der Waals surface area (Å²) in [5.41, 5.74) is 0.401. The molecule has 206 valence electrons. The van der Waals surface area contributed by atoms with Crippen LogP contribution in [-0.2, 0) is 4.79 Å². The number of nitrogens with zero attached hydrogens (tertiary/aromatic N) is 3. The highest BCUT2D eigenvalue weighted by atomic mass is 35.5. The molecule has 39 heavy (non-hydrogen) atoms. The van der Waals surface area contributed by atoms with Crippen molar-refractivity contribution in [3.8, 4) is 11.5 Å². The fourth-order valence-corrected chi connectivity index (χ4v) is 4.86. The summed E-state index contributed by atoms with van der Waals surface area (Å²) >= 11 is 5.90. The molecular weight excluding hydrogens is 549 g/mol. The van der Waals surface area contributed by atoms with Crippen LogP contribution in [0.3, 0.4) is 0 Å². The van der Waals surface area contributed by atoms with Gasteiger partial charge in [-0.05, 0) is 24.6 Å². The molecule has 2 atom stereocenters. The van der Waals surface area contributed by atoms with Gasteiger partial charge in [0, 0.05) is 31.4 Å². The number of fused-ring (bicyclic) bond motifs is 1. The molecule has 1 aromatic heterocycles. The Bertz CT molecular complexity index is 1430. The van der Waals surface area contributed by atoms with Gasteiger partial charge in [-0.1, -0.05) is 0 Å². The van der Waals surface area contributed by atoms with Gasteiger partial charge in [-0.2, -0.15) is 8.78 Å². The second-order valence-electron chi connectivity index (χ2n) is 9.02. The summed E-state index contributed by atoms with van der Waals surface area (Å²) in [5, 5.41) is 16.8. The molecule has 0 saturated carbocycles. The predicted octanol–water partition coefficient (Wildman–Crippen LogP) is 4.31. The number of hydrogen-bond acceptors (Lipinski definition) is 5. The number of aromatic nitrogens is 1. The van der Waals surface area contributed by atoms with Crippen LogP contribution in [0.2, 0.25) is 0 Å². The lowest BCUT2D eigenvalue weighted by Crippen LogP contribution is -2.52. The number of alkyl halides is 1. The van der Waals surface area contributed by atoms with E-state index >= 15 is 4.39 Å². The Morgan fingerprint density at radius 2 is 1.85 bits per heavy atom. The first-order chi connectivity index (χ1) is 18.6. The second kappa shape index (κ2) is 10.4. The molecule has 0 spiro atoms. The third-order valence-corrected chi connectivity index (χ3v) is 7.00. The highest BCUT2D eigenvalue weighted by Crippen LogP contribution is 2.36. The Kier molecular flexibility index (Phi) is 7.12. The molecule has 3 aromatic rings. The third kappa shape index (κ3) is 4.76. The van der Waals surface area contributed by atoms with E-state index in [4.69, 9.17) is 21.7 Å². The molecule has 8 nitrogen and oxygen atoms in total. The van der Waals surface area contributed by atoms with Gasteiger partial charge in [0.1, 0.15) is 22.8 Å². The van der Waals surface area contributed by atoms with E-state index in [1.54, 1.807) is 12.3 Å². The van der Waals surface area contributed by atoms with Gasteiger partial charge in [0.15, 0.2) is 17.5 Å². The van der Waals surface area contributed by atoms with Crippen molar-refractivity contribution in [2.24, 2.45) is 0 Å². The van der Waals surface area contributed by atoms with Crippen molar-refractivity contribution in [3.63, 3.8) is 0 Å². The lowest BCUT2D eigenvalue weighted by molar-refractivity contribution is -0.130. The number of hydrogen-bond donors (Lipinski definition) is 3. The van der Waals surface area contributed by atoms with E-state index in [1.165, 1.54) is 15.9 Å². The maximum atomic E-state index is 15.3. The maximum Gasteiger partial charge on any atom is 0.243 e. The number of nitrogens with one attached hydrogen (secondary N) is 2. The lowest BCUT2D eigenvalue weighted by atomic mass is 10.1. The molecule has 1 saturated heterocycles. The summed E-state index contributed by atoms with van der Waals surface area (Å²) in [4.78, 5) is 20.3. The van der Waals surface area contributed by atoms with Gasteiger partial charge in [-0.3, -0.25) is 10.2 Å². The number of carbonyl (C=O) groups excluding carboxylic acids is 1. The molecule has 1 amide bonds. The van der Waals surface area contributed by atoms with Crippen LogP contribution in [0.1, 0.15) is 12.0 Å². The molecule has 3 heterocycles. The lowest BCUT2D eigenvalue weighted by Gasteiger charge is -2.41. The molecule has 2 unspecified atom stereocenters. The average Bonchev–Trinajstić information content (AvgIpc) is 3.61. The van der Waals surface area contributed by atoms with E-state index in [9.17, 15) is 27.5 Å². The Morgan fingerprint density at radius 1 is 1.13 bits per heavy atom. The summed E-state index contributed by atoms with van der Waals surface area (Å²) in [6.07, 6.45) is 2.18. The number of anilines is 2. The van der Waals surface area contributed by atoms with E-state index in [0.29, 0.717) is 24.3 Å². The summed E-state index contributed by atoms with van der Waals surface area (Å²) in [6, 6.07) is 4.61. The van der Waals surface area contributed by atoms with E-state index in [-0.39, 0.29) is 36.8 Å². The molecule has 5 rings (SSSR count). The first-order valence-electron chi connectivity index (χ1n) is 11.7. The van der Waals surface area contributed by atoms with Crippen LogP contribution in [0.25, 0.3) is 0 Å². The van der Waals surface area contributed by atoms with Gasteiger partial charge in [0.25, 0.3) is 0 Å². The van der Waals surface area contributed by atoms with Crippen molar-refractivity contribution in [1.29, 1.82) is 5.41 Å². The molecule has 1 fully saturated rings. The summed E-state index contributed by atoms with van der Waals surface area (Å²) in [5.74, 6) is -9.41. The van der Waals surface area contributed by atoms with Crippen molar-refractivity contribution in [1.82, 2.24) is 9.88 Å². The molecule has 0 bridgehead atoms. The molecule has 0 radical (unpaired) electrons. The van der Waals surface area contributed by atoms with Crippen LogP contribution in [0.15, 0.2) is 36.5 Å². The van der Waals surface area contributed by atoms with Gasteiger partial charge in [-0.25, -0.2) is 13.2 Å². The molecule has 2 aromatic carbocycles. The summed E-state index contributed by atoms with van der Waals surface area (Å²) < 4.78 is 75.3. The van der Waals surface area contributed by atoms with Gasteiger partial charge in [0.2, 0.25) is 23.3 Å². The zero-order valence-electron chi connectivity index (χ0n) is 20.0. The second-order valence-corrected chi connectivity index (χ2v) is 9.54. The molecular formula is C25H21ClF5N5O3. The molecule has 2 aliphatic rings. The number of likely N-dealkylation sites (tertiary alicyclic amines) is 1. The minimum Gasteiger partial charge on any atom is -0.451 e. The van der Waals surface area contributed by atoms with E-state index in [0.717, 1.165) is 12.1 Å². The van der Waals surface area contributed by atoms with Crippen molar-refractivity contribution in [3.05, 3.63) is 71.2 Å². The zero-order valence-corrected chi connectivity index (χ0v) is 20.8. The number of rotatable bonds is 6. The minimum absolute atomic E-state index is 0.0127. The topological polar surface area (TPSA) is 95.9 Å². The number of aliphatic hydroxyl groups excluding tert-OH is 1. The number of ether oxygens (including phenoxy) is 1. The normalized spacial score (nSPS) is 18.0. The van der Waals surface area contributed by atoms with Crippen LogP contribution in [0.4, 0.5) is 33.5 Å². The fraction of sp³-hybridized carbons (Fsp3) is 0.280. The predicted molar refractivity (Wildman–Crippen MR) is 132 cm³/mol. The maximum absolute atomic E-state index is 15.3. The van der Waals surface area contributed by atoms with Crippen LogP contribution in [0.5, 0.6) is 11.5 Å². The molecule has 14 heteroatoms. The van der Waals surface area contributed by atoms with Gasteiger partial charge in [-0.15, -0.1) is 11.6 Å². The van der Waals surface area contributed by atoms with E-state index in [1.807, 2.05) is 4.90 Å². The van der Waals surface area contributed by atoms with E-state index in [2.05, 4.69) is 4.98 Å². The van der Waals surface area contributed by atoms with Crippen molar-refractivity contribution in [2.75, 3.05) is 36.2 Å². The Morgan fingerprint density at radius 3 is 2.51 bits per heavy atom. The van der Waals surface area contributed by atoms with Gasteiger partial charge >= 0.3 is 0 Å². The van der Waals surface area contributed by atoms with E-state index < -0.39 is 58.5 Å². The first kappa shape index (κ1) is 26.8. The number of carbonyl (C=O) groups is 1. The minimum atomic E-state index is -1.77. The highest BCUT2D eigenvalue weighted by molar-refractivity contribution is 6.30. The Labute approximate surface area is 223 Å². The number of H-pyrrole nitrogens is 1. The molecule has 0 aliphatic carbocycles. The van der Waals surface area contributed by atoms with Crippen LogP contribution < -0.4 is 14.5 Å². The molecule has 3 N–H and O–H groups in total. The van der Waals surface area contributed by atoms with Crippen molar-refractivity contribution in [2.45, 2.75) is 17.8 Å². The Hall–Kier alpha value is -3.84. The van der Waals surface area contributed by atoms with Gasteiger partial charge < -0.3 is 29.5 Å². The average molecular weight is 570 g/mol. The SMILES string of the molecule is N=C1c2cc[nH]c2N(C2CCN(C(=O)C(Cl)CO)C2)CN1c1ccc(Oc2c(F)c(F)cc(F)c2F)cc1F. The Balaban J connectivity index is 1.41. The quantitative estimate of drug-likeness (QED) is 0.234. The van der Waals surface area contributed by atoms with Crippen LogP contribution in [-0.4, -0.2) is 64.5 Å². The van der Waals surface area contributed by atoms with Crippen molar-refractivity contribution >= 4 is 34.8 Å².